The van der Waals surface area contributed by atoms with Crippen LogP contribution in [0.1, 0.15) is 5.56 Å². The minimum atomic E-state index is -4.02. The minimum absolute atomic E-state index is 0.0666. The number of azide groups is 1. The average Bonchev–Trinajstić information content (AvgIpc) is 2.38. The summed E-state index contributed by atoms with van der Waals surface area (Å²) in [5.74, 6) is -0.271. The standard InChI is InChI=1S/C7H8O3S.C3H5N5O/c1-6-2-4-7(5-3-6)11(8,9)10;4-1-2(7-8-5)6-3(1)9/h2-5H,1H3,(H,8,9,10);1-2H,4H2,(H,6,9)/t;1-,2+/m.0/s1. The molecule has 1 aromatic rings. The Kier molecular flexibility index (Phi) is 5.06. The van der Waals surface area contributed by atoms with Crippen LogP contribution in [0.5, 0.6) is 0 Å². The van der Waals surface area contributed by atoms with Gasteiger partial charge in [0.15, 0.2) is 0 Å². The second kappa shape index (κ2) is 6.35. The zero-order valence-corrected chi connectivity index (χ0v) is 11.3. The molecule has 1 amide bonds. The van der Waals surface area contributed by atoms with E-state index in [0.717, 1.165) is 5.56 Å². The van der Waals surface area contributed by atoms with Crippen LogP contribution in [0.3, 0.4) is 0 Å². The Morgan fingerprint density at radius 3 is 2.30 bits per heavy atom. The van der Waals surface area contributed by atoms with Crippen molar-refractivity contribution in [1.29, 1.82) is 0 Å². The van der Waals surface area contributed by atoms with Crippen molar-refractivity contribution in [2.45, 2.75) is 24.0 Å². The molecule has 20 heavy (non-hydrogen) atoms. The van der Waals surface area contributed by atoms with Crippen molar-refractivity contribution in [2.75, 3.05) is 0 Å². The number of benzene rings is 1. The fraction of sp³-hybridized carbons (Fsp3) is 0.300. The van der Waals surface area contributed by atoms with Crippen molar-refractivity contribution >= 4 is 16.0 Å². The second-order valence-corrected chi connectivity index (χ2v) is 5.39. The predicted octanol–water partition coefficient (Wildman–Crippen LogP) is 0.322. The van der Waals surface area contributed by atoms with Gasteiger partial charge >= 0.3 is 0 Å². The molecule has 10 heteroatoms. The highest BCUT2D eigenvalue weighted by molar-refractivity contribution is 7.85. The van der Waals surface area contributed by atoms with Crippen LogP contribution in [0.25, 0.3) is 10.4 Å². The van der Waals surface area contributed by atoms with Crippen LogP contribution in [-0.4, -0.2) is 31.1 Å². The van der Waals surface area contributed by atoms with Crippen LogP contribution in [0, 0.1) is 6.92 Å². The SMILES string of the molecule is Cc1ccc(S(=O)(=O)O)cc1.[N-]=[N+]=N[C@H]1NC(=O)[C@H]1N. The lowest BCUT2D eigenvalue weighted by molar-refractivity contribution is -0.130. The Labute approximate surface area is 115 Å². The number of carbonyl (C=O) groups is 1. The summed E-state index contributed by atoms with van der Waals surface area (Å²) in [5.41, 5.74) is 14.0. The number of amides is 1. The van der Waals surface area contributed by atoms with Gasteiger partial charge < -0.3 is 11.1 Å². The maximum Gasteiger partial charge on any atom is 0.294 e. The number of nitrogens with one attached hydrogen (secondary N) is 1. The van der Waals surface area contributed by atoms with Gasteiger partial charge in [-0.2, -0.15) is 8.42 Å². The normalized spacial score (nSPS) is 20.6. The van der Waals surface area contributed by atoms with Crippen LogP contribution in [0.2, 0.25) is 0 Å². The van der Waals surface area contributed by atoms with E-state index >= 15 is 0 Å². The summed E-state index contributed by atoms with van der Waals surface area (Å²) in [4.78, 5) is 12.7. The number of aryl methyl sites for hydroxylation is 1. The first-order valence-corrected chi connectivity index (χ1v) is 6.84. The molecule has 1 fully saturated rings. The summed E-state index contributed by atoms with van der Waals surface area (Å²) < 4.78 is 29.6. The predicted molar refractivity (Wildman–Crippen MR) is 70.0 cm³/mol. The van der Waals surface area contributed by atoms with Gasteiger partial charge in [-0.15, -0.1) is 0 Å². The molecule has 108 valence electrons. The molecule has 0 aliphatic carbocycles. The van der Waals surface area contributed by atoms with Gasteiger partial charge in [-0.25, -0.2) is 0 Å². The summed E-state index contributed by atoms with van der Waals surface area (Å²) >= 11 is 0. The van der Waals surface area contributed by atoms with Gasteiger partial charge in [0.2, 0.25) is 5.91 Å². The van der Waals surface area contributed by atoms with Crippen molar-refractivity contribution in [3.8, 4) is 0 Å². The third-order valence-electron chi connectivity index (χ3n) is 2.43. The quantitative estimate of drug-likeness (QED) is 0.235. The number of nitrogens with two attached hydrogens (primary N) is 1. The molecule has 1 aromatic carbocycles. The Morgan fingerprint density at radius 1 is 1.40 bits per heavy atom. The van der Waals surface area contributed by atoms with Gasteiger partial charge in [0, 0.05) is 4.91 Å². The molecular formula is C10H13N5O4S. The Bertz CT molecular complexity index is 636. The van der Waals surface area contributed by atoms with E-state index < -0.39 is 22.3 Å². The molecule has 2 atom stereocenters. The first-order valence-electron chi connectivity index (χ1n) is 5.40. The highest BCUT2D eigenvalue weighted by Gasteiger charge is 2.34. The maximum absolute atomic E-state index is 10.5. The van der Waals surface area contributed by atoms with E-state index in [4.69, 9.17) is 15.8 Å². The number of rotatable bonds is 2. The number of hydrogen-bond acceptors (Lipinski definition) is 5. The van der Waals surface area contributed by atoms with Crippen LogP contribution in [0.15, 0.2) is 34.3 Å². The van der Waals surface area contributed by atoms with Gasteiger partial charge in [0.25, 0.3) is 10.1 Å². The molecule has 1 heterocycles. The number of carbonyl (C=O) groups excluding carboxylic acids is 1. The largest absolute Gasteiger partial charge is 0.344 e. The smallest absolute Gasteiger partial charge is 0.294 e. The van der Waals surface area contributed by atoms with Crippen LogP contribution in [-0.2, 0) is 14.9 Å². The molecule has 9 nitrogen and oxygen atoms in total. The summed E-state index contributed by atoms with van der Waals surface area (Å²) in [6, 6.07) is 5.34. The van der Waals surface area contributed by atoms with Crippen molar-refractivity contribution < 1.29 is 17.8 Å². The zero-order chi connectivity index (χ0) is 15.3. The van der Waals surface area contributed by atoms with Crippen molar-refractivity contribution in [3.05, 3.63) is 40.3 Å². The molecule has 0 bridgehead atoms. The van der Waals surface area contributed by atoms with Gasteiger partial charge in [-0.05, 0) is 24.6 Å². The van der Waals surface area contributed by atoms with E-state index in [0.29, 0.717) is 0 Å². The molecule has 0 spiro atoms. The lowest BCUT2D eigenvalue weighted by atomic mass is 10.1. The third kappa shape index (κ3) is 4.21. The highest BCUT2D eigenvalue weighted by Crippen LogP contribution is 2.08. The summed E-state index contributed by atoms with van der Waals surface area (Å²) in [7, 11) is -4.02. The van der Waals surface area contributed by atoms with E-state index in [1.165, 1.54) is 12.1 Å². The van der Waals surface area contributed by atoms with Gasteiger partial charge in [0.1, 0.15) is 12.2 Å². The third-order valence-corrected chi connectivity index (χ3v) is 3.30. The first kappa shape index (κ1) is 15.9. The van der Waals surface area contributed by atoms with Crippen LogP contribution in [0.4, 0.5) is 0 Å². The molecule has 2 rings (SSSR count). The summed E-state index contributed by atoms with van der Waals surface area (Å²) in [5, 5.41) is 5.49. The van der Waals surface area contributed by atoms with Crippen molar-refractivity contribution in [1.82, 2.24) is 5.32 Å². The molecule has 0 unspecified atom stereocenters. The molecule has 0 aromatic heterocycles. The Balaban J connectivity index is 0.000000204. The second-order valence-electron chi connectivity index (χ2n) is 3.97. The van der Waals surface area contributed by atoms with E-state index in [1.807, 2.05) is 6.92 Å². The fourth-order valence-electron chi connectivity index (χ4n) is 1.25. The highest BCUT2D eigenvalue weighted by atomic mass is 32.2. The molecule has 1 saturated heterocycles. The van der Waals surface area contributed by atoms with E-state index in [1.54, 1.807) is 12.1 Å². The number of nitrogens with zero attached hydrogens (tertiary/aromatic N) is 3. The molecule has 0 radical (unpaired) electrons. The number of β-lactam (4-membered cyclic amide) rings is 1. The number of hydrogen-bond donors (Lipinski definition) is 3. The minimum Gasteiger partial charge on any atom is -0.344 e. The molecular weight excluding hydrogens is 286 g/mol. The first-order chi connectivity index (χ1) is 9.25. The van der Waals surface area contributed by atoms with E-state index in [-0.39, 0.29) is 10.8 Å². The lowest BCUT2D eigenvalue weighted by Gasteiger charge is -2.29. The zero-order valence-electron chi connectivity index (χ0n) is 10.5. The van der Waals surface area contributed by atoms with E-state index in [2.05, 4.69) is 15.3 Å². The molecule has 0 saturated carbocycles. The van der Waals surface area contributed by atoms with Crippen LogP contribution >= 0.6 is 0 Å². The summed E-state index contributed by atoms with van der Waals surface area (Å²) in [6.07, 6.45) is -0.539. The fourth-order valence-corrected chi connectivity index (χ4v) is 1.73. The average molecular weight is 299 g/mol. The van der Waals surface area contributed by atoms with Crippen molar-refractivity contribution in [2.24, 2.45) is 10.8 Å². The van der Waals surface area contributed by atoms with Crippen molar-refractivity contribution in [3.63, 3.8) is 0 Å². The molecule has 1 aliphatic heterocycles. The van der Waals surface area contributed by atoms with Gasteiger partial charge in [-0.1, -0.05) is 22.8 Å². The van der Waals surface area contributed by atoms with Gasteiger partial charge in [0.05, 0.1) is 4.90 Å². The Morgan fingerprint density at radius 2 is 1.95 bits per heavy atom. The maximum atomic E-state index is 10.5. The van der Waals surface area contributed by atoms with E-state index in [9.17, 15) is 13.2 Å². The summed E-state index contributed by atoms with van der Waals surface area (Å²) in [6.45, 7) is 1.84. The molecule has 4 N–H and O–H groups in total. The van der Waals surface area contributed by atoms with Crippen LogP contribution < -0.4 is 11.1 Å². The topological polar surface area (TPSA) is 158 Å². The monoisotopic (exact) mass is 299 g/mol. The Hall–Kier alpha value is -2.13. The lowest BCUT2D eigenvalue weighted by Crippen LogP contribution is -2.65. The molecule has 1 aliphatic rings. The van der Waals surface area contributed by atoms with Gasteiger partial charge in [-0.3, -0.25) is 9.35 Å².